The summed E-state index contributed by atoms with van der Waals surface area (Å²) < 4.78 is 36.9. The first-order valence-electron chi connectivity index (χ1n) is 4.07. The fraction of sp³-hybridized carbons (Fsp3) is 0.111. The van der Waals surface area contributed by atoms with Crippen molar-refractivity contribution in [2.24, 2.45) is 0 Å². The maximum absolute atomic E-state index is 12.3. The van der Waals surface area contributed by atoms with Gasteiger partial charge in [-0.15, -0.1) is 0 Å². The highest BCUT2D eigenvalue weighted by molar-refractivity contribution is 5.76. The van der Waals surface area contributed by atoms with Gasteiger partial charge in [0.15, 0.2) is 5.65 Å². The zero-order chi connectivity index (χ0) is 11.1. The van der Waals surface area contributed by atoms with E-state index in [1.807, 2.05) is 0 Å². The molecule has 2 N–H and O–H groups in total. The molecule has 0 saturated heterocycles. The summed E-state index contributed by atoms with van der Waals surface area (Å²) >= 11 is 0. The first-order valence-corrected chi connectivity index (χ1v) is 4.07. The molecule has 0 fully saturated rings. The van der Waals surface area contributed by atoms with Gasteiger partial charge in [-0.25, -0.2) is 9.97 Å². The smallest absolute Gasteiger partial charge is 0.384 e. The van der Waals surface area contributed by atoms with Crippen LogP contribution in [0.1, 0.15) is 5.69 Å². The summed E-state index contributed by atoms with van der Waals surface area (Å²) in [4.78, 5) is 7.11. The van der Waals surface area contributed by atoms with Crippen molar-refractivity contribution in [3.05, 3.63) is 30.0 Å². The average molecular weight is 213 g/mol. The number of anilines is 1. The number of rotatable bonds is 0. The number of fused-ring (bicyclic) bond motifs is 1. The van der Waals surface area contributed by atoms with Crippen molar-refractivity contribution >= 4 is 16.9 Å². The van der Waals surface area contributed by atoms with E-state index >= 15 is 0 Å². The van der Waals surface area contributed by atoms with E-state index in [1.165, 1.54) is 12.1 Å². The lowest BCUT2D eigenvalue weighted by molar-refractivity contribution is -0.141. The van der Waals surface area contributed by atoms with Crippen LogP contribution in [0.3, 0.4) is 0 Å². The Kier molecular flexibility index (Phi) is 1.99. The van der Waals surface area contributed by atoms with Gasteiger partial charge in [0, 0.05) is 5.39 Å². The van der Waals surface area contributed by atoms with Crippen LogP contribution in [0.4, 0.5) is 19.0 Å². The highest BCUT2D eigenvalue weighted by Gasteiger charge is 2.32. The summed E-state index contributed by atoms with van der Waals surface area (Å²) in [5, 5.41) is 0.525. The predicted octanol–water partition coefficient (Wildman–Crippen LogP) is 2.23. The minimum atomic E-state index is -4.46. The van der Waals surface area contributed by atoms with Gasteiger partial charge in [0.05, 0.1) is 0 Å². The molecule has 0 aliphatic carbocycles. The molecule has 0 radical (unpaired) electrons. The normalized spacial score (nSPS) is 11.9. The highest BCUT2D eigenvalue weighted by atomic mass is 19.4. The Morgan fingerprint density at radius 1 is 1.00 bits per heavy atom. The Hall–Kier alpha value is -1.85. The Morgan fingerprint density at radius 2 is 1.67 bits per heavy atom. The number of halogens is 3. The predicted molar refractivity (Wildman–Crippen MR) is 49.0 cm³/mol. The summed E-state index contributed by atoms with van der Waals surface area (Å²) in [5.74, 6) is 0.148. The molecule has 2 rings (SSSR count). The fourth-order valence-electron chi connectivity index (χ4n) is 1.17. The number of pyridine rings is 2. The molecule has 0 aliphatic rings. The van der Waals surface area contributed by atoms with Crippen LogP contribution in [-0.4, -0.2) is 9.97 Å². The largest absolute Gasteiger partial charge is 0.433 e. The molecule has 15 heavy (non-hydrogen) atoms. The lowest BCUT2D eigenvalue weighted by Gasteiger charge is -2.06. The fourth-order valence-corrected chi connectivity index (χ4v) is 1.17. The van der Waals surface area contributed by atoms with Crippen LogP contribution in [0.5, 0.6) is 0 Å². The van der Waals surface area contributed by atoms with Gasteiger partial charge in [0.25, 0.3) is 0 Å². The van der Waals surface area contributed by atoms with Gasteiger partial charge < -0.3 is 5.73 Å². The maximum Gasteiger partial charge on any atom is 0.433 e. The molecule has 2 aromatic rings. The summed E-state index contributed by atoms with van der Waals surface area (Å²) in [6.45, 7) is 0. The highest BCUT2D eigenvalue weighted by Crippen LogP contribution is 2.28. The molecule has 0 bridgehead atoms. The van der Waals surface area contributed by atoms with Crippen LogP contribution < -0.4 is 5.73 Å². The lowest BCUT2D eigenvalue weighted by atomic mass is 10.2. The molecule has 0 atom stereocenters. The summed E-state index contributed by atoms with van der Waals surface area (Å²) in [7, 11) is 0. The first kappa shape index (κ1) is 9.70. The first-order chi connectivity index (χ1) is 6.97. The summed E-state index contributed by atoms with van der Waals surface area (Å²) in [6.07, 6.45) is -4.46. The molecule has 0 saturated carbocycles. The minimum absolute atomic E-state index is 0.00447. The van der Waals surface area contributed by atoms with Crippen molar-refractivity contribution in [2.75, 3.05) is 5.73 Å². The van der Waals surface area contributed by atoms with Crippen LogP contribution in [0.25, 0.3) is 11.0 Å². The van der Waals surface area contributed by atoms with E-state index in [0.29, 0.717) is 5.39 Å². The third-order valence-corrected chi connectivity index (χ3v) is 1.86. The number of aromatic nitrogens is 2. The number of nitrogens with zero attached hydrogens (tertiary/aromatic N) is 2. The van der Waals surface area contributed by atoms with Gasteiger partial charge in [-0.05, 0) is 24.3 Å². The molecule has 0 aromatic carbocycles. The van der Waals surface area contributed by atoms with E-state index in [0.717, 1.165) is 6.07 Å². The molecular weight excluding hydrogens is 207 g/mol. The molecule has 0 spiro atoms. The number of hydrogen-bond donors (Lipinski definition) is 1. The van der Waals surface area contributed by atoms with Crippen LogP contribution in [-0.2, 0) is 6.18 Å². The van der Waals surface area contributed by atoms with Crippen LogP contribution >= 0.6 is 0 Å². The number of nitrogen functional groups attached to an aromatic ring is 1. The van der Waals surface area contributed by atoms with Crippen molar-refractivity contribution in [2.45, 2.75) is 6.18 Å². The number of hydrogen-bond acceptors (Lipinski definition) is 3. The molecule has 0 amide bonds. The molecular formula is C9H6F3N3. The van der Waals surface area contributed by atoms with Crippen molar-refractivity contribution in [3.63, 3.8) is 0 Å². The zero-order valence-corrected chi connectivity index (χ0v) is 7.42. The Bertz CT molecular complexity index is 507. The number of alkyl halides is 3. The van der Waals surface area contributed by atoms with E-state index in [9.17, 15) is 13.2 Å². The molecule has 78 valence electrons. The van der Waals surface area contributed by atoms with Gasteiger partial charge in [-0.3, -0.25) is 0 Å². The third kappa shape index (κ3) is 1.83. The van der Waals surface area contributed by atoms with E-state index < -0.39 is 11.9 Å². The molecule has 0 aliphatic heterocycles. The lowest BCUT2D eigenvalue weighted by Crippen LogP contribution is -2.08. The third-order valence-electron chi connectivity index (χ3n) is 1.86. The van der Waals surface area contributed by atoms with Gasteiger partial charge in [0.1, 0.15) is 11.5 Å². The van der Waals surface area contributed by atoms with Gasteiger partial charge >= 0.3 is 6.18 Å². The quantitative estimate of drug-likeness (QED) is 0.730. The van der Waals surface area contributed by atoms with Crippen LogP contribution in [0.2, 0.25) is 0 Å². The summed E-state index contributed by atoms with van der Waals surface area (Å²) in [6, 6.07) is 5.32. The van der Waals surface area contributed by atoms with Crippen molar-refractivity contribution in [1.82, 2.24) is 9.97 Å². The maximum atomic E-state index is 12.3. The molecule has 3 nitrogen and oxygen atoms in total. The van der Waals surface area contributed by atoms with Gasteiger partial charge in [0.2, 0.25) is 0 Å². The molecule has 6 heteroatoms. The van der Waals surface area contributed by atoms with Crippen LogP contribution in [0, 0.1) is 0 Å². The van der Waals surface area contributed by atoms with Crippen LogP contribution in [0.15, 0.2) is 24.3 Å². The monoisotopic (exact) mass is 213 g/mol. The van der Waals surface area contributed by atoms with E-state index in [-0.39, 0.29) is 11.5 Å². The second kappa shape index (κ2) is 3.08. The Labute approximate surface area is 82.8 Å². The summed E-state index contributed by atoms with van der Waals surface area (Å²) in [5.41, 5.74) is 4.39. The van der Waals surface area contributed by atoms with Crippen molar-refractivity contribution in [1.29, 1.82) is 0 Å². The SMILES string of the molecule is Nc1ccc2ccc(C(F)(F)F)nc2n1. The average Bonchev–Trinajstić information content (AvgIpc) is 2.15. The van der Waals surface area contributed by atoms with E-state index in [4.69, 9.17) is 5.73 Å². The molecule has 2 aromatic heterocycles. The topological polar surface area (TPSA) is 51.8 Å². The zero-order valence-electron chi connectivity index (χ0n) is 7.42. The second-order valence-corrected chi connectivity index (χ2v) is 2.98. The molecule has 2 heterocycles. The Balaban J connectivity index is 2.64. The van der Waals surface area contributed by atoms with Crippen molar-refractivity contribution in [3.8, 4) is 0 Å². The minimum Gasteiger partial charge on any atom is -0.384 e. The standard InChI is InChI=1S/C9H6F3N3/c10-9(11,12)6-3-1-5-2-4-7(13)15-8(5)14-6/h1-4H,(H2,13,14,15). The van der Waals surface area contributed by atoms with E-state index in [2.05, 4.69) is 9.97 Å². The second-order valence-electron chi connectivity index (χ2n) is 2.98. The van der Waals surface area contributed by atoms with Gasteiger partial charge in [-0.2, -0.15) is 13.2 Å². The number of nitrogens with two attached hydrogens (primary N) is 1. The molecule has 0 unspecified atom stereocenters. The van der Waals surface area contributed by atoms with Gasteiger partial charge in [-0.1, -0.05) is 0 Å². The van der Waals surface area contributed by atoms with Crippen molar-refractivity contribution < 1.29 is 13.2 Å². The van der Waals surface area contributed by atoms with E-state index in [1.54, 1.807) is 6.07 Å². The Morgan fingerprint density at radius 3 is 2.33 bits per heavy atom.